The second-order valence-corrected chi connectivity index (χ2v) is 5.23. The number of allylic oxidation sites excluding steroid dienone is 2. The summed E-state index contributed by atoms with van der Waals surface area (Å²) < 4.78 is 0. The fourth-order valence-corrected chi connectivity index (χ4v) is 2.64. The zero-order chi connectivity index (χ0) is 12.1. The minimum atomic E-state index is 0.111. The van der Waals surface area contributed by atoms with E-state index in [1.165, 1.54) is 5.57 Å². The van der Waals surface area contributed by atoms with E-state index in [4.69, 9.17) is 0 Å². The van der Waals surface area contributed by atoms with Crippen molar-refractivity contribution in [2.75, 3.05) is 0 Å². The Morgan fingerprint density at radius 1 is 1.59 bits per heavy atom. The summed E-state index contributed by atoms with van der Waals surface area (Å²) in [5.41, 5.74) is 1.40. The van der Waals surface area contributed by atoms with Gasteiger partial charge in [-0.1, -0.05) is 36.8 Å². The van der Waals surface area contributed by atoms with E-state index in [9.17, 15) is 4.79 Å². The minimum Gasteiger partial charge on any atom is -0.349 e. The highest BCUT2D eigenvalue weighted by Crippen LogP contribution is 2.16. The second kappa shape index (κ2) is 5.82. The maximum absolute atomic E-state index is 11.8. The first-order valence-electron chi connectivity index (χ1n) is 5.96. The number of amides is 1. The highest BCUT2D eigenvalue weighted by Gasteiger charge is 2.13. The predicted molar refractivity (Wildman–Crippen MR) is 72.1 cm³/mol. The Kier molecular flexibility index (Phi) is 4.15. The minimum absolute atomic E-state index is 0.111. The summed E-state index contributed by atoms with van der Waals surface area (Å²) in [7, 11) is 0. The van der Waals surface area contributed by atoms with E-state index in [-0.39, 0.29) is 11.9 Å². The van der Waals surface area contributed by atoms with E-state index >= 15 is 0 Å². The van der Waals surface area contributed by atoms with Crippen LogP contribution in [0.2, 0.25) is 0 Å². The van der Waals surface area contributed by atoms with Gasteiger partial charge in [0.05, 0.1) is 12.5 Å². The molecule has 1 atom stereocenters. The molecule has 0 bridgehead atoms. The van der Waals surface area contributed by atoms with Crippen LogP contribution >= 0.6 is 11.3 Å². The monoisotopic (exact) mass is 247 g/mol. The van der Waals surface area contributed by atoms with Gasteiger partial charge < -0.3 is 5.32 Å². The second-order valence-electron chi connectivity index (χ2n) is 4.20. The quantitative estimate of drug-likeness (QED) is 0.870. The molecule has 1 unspecified atom stereocenters. The lowest BCUT2D eigenvalue weighted by Gasteiger charge is -2.19. The third-order valence-corrected chi connectivity index (χ3v) is 3.75. The highest BCUT2D eigenvalue weighted by molar-refractivity contribution is 7.10. The molecule has 1 aromatic heterocycles. The maximum atomic E-state index is 11.8. The molecule has 0 fully saturated rings. The molecule has 0 aliphatic heterocycles. The summed E-state index contributed by atoms with van der Waals surface area (Å²) in [6.45, 7) is 2.15. The highest BCUT2D eigenvalue weighted by atomic mass is 32.1. The smallest absolute Gasteiger partial charge is 0.225 e. The molecule has 2 rings (SSSR count). The van der Waals surface area contributed by atoms with Crippen LogP contribution in [0.15, 0.2) is 41.3 Å². The molecule has 0 saturated carbocycles. The van der Waals surface area contributed by atoms with E-state index in [2.05, 4.69) is 24.4 Å². The topological polar surface area (TPSA) is 29.1 Å². The van der Waals surface area contributed by atoms with Crippen LogP contribution in [-0.4, -0.2) is 11.9 Å². The molecule has 2 nitrogen and oxygen atoms in total. The van der Waals surface area contributed by atoms with Crippen molar-refractivity contribution in [1.82, 2.24) is 5.32 Å². The third kappa shape index (κ3) is 3.56. The Labute approximate surface area is 106 Å². The van der Waals surface area contributed by atoms with Crippen LogP contribution in [-0.2, 0) is 11.2 Å². The van der Waals surface area contributed by atoms with Crippen molar-refractivity contribution in [3.8, 4) is 0 Å². The lowest BCUT2D eigenvalue weighted by atomic mass is 9.98. The lowest BCUT2D eigenvalue weighted by Crippen LogP contribution is -2.35. The normalized spacial score (nSPS) is 18.9. The van der Waals surface area contributed by atoms with Gasteiger partial charge in [0.25, 0.3) is 0 Å². The average molecular weight is 247 g/mol. The zero-order valence-corrected chi connectivity index (χ0v) is 10.8. The van der Waals surface area contributed by atoms with Gasteiger partial charge in [-0.05, 0) is 24.3 Å². The summed E-state index contributed by atoms with van der Waals surface area (Å²) in [4.78, 5) is 12.9. The number of hydrogen-bond donors (Lipinski definition) is 1. The van der Waals surface area contributed by atoms with Gasteiger partial charge in [-0.25, -0.2) is 0 Å². The molecule has 1 amide bonds. The van der Waals surface area contributed by atoms with Gasteiger partial charge in [-0.15, -0.1) is 11.3 Å². The first kappa shape index (κ1) is 12.1. The van der Waals surface area contributed by atoms with Crippen LogP contribution in [0, 0.1) is 0 Å². The van der Waals surface area contributed by atoms with Crippen LogP contribution in [0.3, 0.4) is 0 Å². The fraction of sp³-hybridized carbons (Fsp3) is 0.357. The SMILES string of the molecule is CCC1=CC=CC(NC(=O)Cc2cccs2)C1. The van der Waals surface area contributed by atoms with Crippen molar-refractivity contribution in [2.24, 2.45) is 0 Å². The van der Waals surface area contributed by atoms with E-state index in [1.807, 2.05) is 23.6 Å². The molecule has 17 heavy (non-hydrogen) atoms. The molecule has 3 heteroatoms. The van der Waals surface area contributed by atoms with E-state index in [0.717, 1.165) is 17.7 Å². The summed E-state index contributed by atoms with van der Waals surface area (Å²) >= 11 is 1.63. The molecule has 0 saturated heterocycles. The van der Waals surface area contributed by atoms with E-state index < -0.39 is 0 Å². The molecule has 0 radical (unpaired) electrons. The van der Waals surface area contributed by atoms with Gasteiger partial charge in [-0.3, -0.25) is 4.79 Å². The number of nitrogens with one attached hydrogen (secondary N) is 1. The van der Waals surface area contributed by atoms with Gasteiger partial charge in [-0.2, -0.15) is 0 Å². The van der Waals surface area contributed by atoms with Gasteiger partial charge in [0.2, 0.25) is 5.91 Å². The Hall–Kier alpha value is -1.35. The predicted octanol–water partition coefficient (Wildman–Crippen LogP) is 3.07. The fourth-order valence-electron chi connectivity index (χ4n) is 1.93. The van der Waals surface area contributed by atoms with Crippen LogP contribution in [0.25, 0.3) is 0 Å². The standard InChI is InChI=1S/C14H17NOS/c1-2-11-5-3-6-12(9-11)15-14(16)10-13-7-4-8-17-13/h3-8,12H,2,9-10H2,1H3,(H,15,16). The van der Waals surface area contributed by atoms with Crippen molar-refractivity contribution in [3.05, 3.63) is 46.2 Å². The number of thiophene rings is 1. The van der Waals surface area contributed by atoms with Crippen molar-refractivity contribution < 1.29 is 4.79 Å². The maximum Gasteiger partial charge on any atom is 0.225 e. The summed E-state index contributed by atoms with van der Waals surface area (Å²) in [5.74, 6) is 0.111. The molecule has 0 aromatic carbocycles. The molecule has 1 aromatic rings. The zero-order valence-electron chi connectivity index (χ0n) is 9.98. The first-order valence-corrected chi connectivity index (χ1v) is 6.84. The Bertz CT molecular complexity index is 431. The molecule has 1 aliphatic carbocycles. The van der Waals surface area contributed by atoms with Gasteiger partial charge >= 0.3 is 0 Å². The summed E-state index contributed by atoms with van der Waals surface area (Å²) in [6, 6.07) is 4.15. The van der Waals surface area contributed by atoms with Crippen molar-refractivity contribution in [3.63, 3.8) is 0 Å². The summed E-state index contributed by atoms with van der Waals surface area (Å²) in [6.07, 6.45) is 8.74. The van der Waals surface area contributed by atoms with Gasteiger partial charge in [0.1, 0.15) is 0 Å². The number of rotatable bonds is 4. The number of carbonyl (C=O) groups is 1. The molecule has 1 N–H and O–H groups in total. The van der Waals surface area contributed by atoms with Gasteiger partial charge in [0.15, 0.2) is 0 Å². The summed E-state index contributed by atoms with van der Waals surface area (Å²) in [5, 5.41) is 5.06. The van der Waals surface area contributed by atoms with E-state index in [0.29, 0.717) is 6.42 Å². The third-order valence-electron chi connectivity index (χ3n) is 2.87. The van der Waals surface area contributed by atoms with E-state index in [1.54, 1.807) is 11.3 Å². The first-order chi connectivity index (χ1) is 8.28. The lowest BCUT2D eigenvalue weighted by molar-refractivity contribution is -0.120. The van der Waals surface area contributed by atoms with Crippen LogP contribution in [0.1, 0.15) is 24.6 Å². The molecular weight excluding hydrogens is 230 g/mol. The van der Waals surface area contributed by atoms with Crippen LogP contribution in [0.5, 0.6) is 0 Å². The molecular formula is C14H17NOS. The Morgan fingerprint density at radius 2 is 2.47 bits per heavy atom. The number of hydrogen-bond acceptors (Lipinski definition) is 2. The van der Waals surface area contributed by atoms with Crippen molar-refractivity contribution in [2.45, 2.75) is 32.2 Å². The molecule has 90 valence electrons. The molecule has 0 spiro atoms. The van der Waals surface area contributed by atoms with Crippen LogP contribution < -0.4 is 5.32 Å². The van der Waals surface area contributed by atoms with Crippen molar-refractivity contribution >= 4 is 17.2 Å². The Morgan fingerprint density at radius 3 is 3.18 bits per heavy atom. The largest absolute Gasteiger partial charge is 0.349 e. The molecule has 1 aliphatic rings. The Balaban J connectivity index is 1.84. The van der Waals surface area contributed by atoms with Gasteiger partial charge in [0, 0.05) is 4.88 Å². The molecule has 1 heterocycles. The number of carbonyl (C=O) groups excluding carboxylic acids is 1. The van der Waals surface area contributed by atoms with Crippen molar-refractivity contribution in [1.29, 1.82) is 0 Å². The average Bonchev–Trinajstić information content (AvgIpc) is 2.82. The van der Waals surface area contributed by atoms with Crippen LogP contribution in [0.4, 0.5) is 0 Å².